The average Bonchev–Trinajstić information content (AvgIpc) is 2.73. The van der Waals surface area contributed by atoms with E-state index in [0.29, 0.717) is 43.1 Å². The van der Waals surface area contributed by atoms with Crippen molar-refractivity contribution in [3.63, 3.8) is 0 Å². The van der Waals surface area contributed by atoms with Crippen LogP contribution in [0.5, 0.6) is 0 Å². The summed E-state index contributed by atoms with van der Waals surface area (Å²) < 4.78 is 13.0. The lowest BCUT2D eigenvalue weighted by atomic mass is 10.1. The lowest BCUT2D eigenvalue weighted by molar-refractivity contribution is 0.0746. The van der Waals surface area contributed by atoms with Gasteiger partial charge in [0.2, 0.25) is 0 Å². The van der Waals surface area contributed by atoms with Gasteiger partial charge in [-0.3, -0.25) is 4.79 Å². The maximum absolute atomic E-state index is 13.0. The minimum absolute atomic E-state index is 0.110. The van der Waals surface area contributed by atoms with Crippen LogP contribution in [0.2, 0.25) is 0 Å². The van der Waals surface area contributed by atoms with Gasteiger partial charge in [-0.05, 0) is 36.4 Å². The molecule has 0 N–H and O–H groups in total. The Bertz CT molecular complexity index is 1030. The molecular formula is C21H17FN4O. The van der Waals surface area contributed by atoms with Crippen LogP contribution in [0.1, 0.15) is 15.9 Å². The second-order valence-corrected chi connectivity index (χ2v) is 6.45. The number of piperazine rings is 1. The van der Waals surface area contributed by atoms with Crippen LogP contribution in [0.3, 0.4) is 0 Å². The maximum atomic E-state index is 13.0. The number of carbonyl (C=O) groups is 1. The van der Waals surface area contributed by atoms with Crippen molar-refractivity contribution in [2.75, 3.05) is 31.1 Å². The Labute approximate surface area is 156 Å². The number of rotatable bonds is 2. The van der Waals surface area contributed by atoms with Crippen molar-refractivity contribution in [3.05, 3.63) is 71.5 Å². The average molecular weight is 360 g/mol. The molecule has 27 heavy (non-hydrogen) atoms. The number of anilines is 1. The Hall–Kier alpha value is -3.46. The van der Waals surface area contributed by atoms with E-state index in [2.05, 4.69) is 11.1 Å². The van der Waals surface area contributed by atoms with Gasteiger partial charge in [0.05, 0.1) is 11.1 Å². The fourth-order valence-electron chi connectivity index (χ4n) is 3.33. The number of nitrogens with zero attached hydrogens (tertiary/aromatic N) is 4. The highest BCUT2D eigenvalue weighted by Gasteiger charge is 2.24. The van der Waals surface area contributed by atoms with Crippen LogP contribution in [-0.4, -0.2) is 42.0 Å². The van der Waals surface area contributed by atoms with Gasteiger partial charge in [-0.2, -0.15) is 5.26 Å². The first-order valence-corrected chi connectivity index (χ1v) is 8.75. The molecule has 2 aromatic carbocycles. The summed E-state index contributed by atoms with van der Waals surface area (Å²) in [5, 5.41) is 10.4. The predicted molar refractivity (Wildman–Crippen MR) is 101 cm³/mol. The van der Waals surface area contributed by atoms with Gasteiger partial charge in [-0.1, -0.05) is 18.2 Å². The SMILES string of the molecule is N#Cc1cc2ccccc2nc1N1CCN(C(=O)c2ccc(F)cc2)CC1. The smallest absolute Gasteiger partial charge is 0.253 e. The summed E-state index contributed by atoms with van der Waals surface area (Å²) in [6.45, 7) is 2.23. The fraction of sp³-hybridized carbons (Fsp3) is 0.190. The van der Waals surface area contributed by atoms with Gasteiger partial charge >= 0.3 is 0 Å². The van der Waals surface area contributed by atoms with Gasteiger partial charge in [0, 0.05) is 37.1 Å². The minimum Gasteiger partial charge on any atom is -0.352 e. The molecule has 0 aliphatic carbocycles. The lowest BCUT2D eigenvalue weighted by Crippen LogP contribution is -2.49. The van der Waals surface area contributed by atoms with E-state index in [0.717, 1.165) is 10.9 Å². The van der Waals surface area contributed by atoms with Crippen LogP contribution < -0.4 is 4.90 Å². The second-order valence-electron chi connectivity index (χ2n) is 6.45. The Morgan fingerprint density at radius 2 is 1.74 bits per heavy atom. The molecule has 0 atom stereocenters. The minimum atomic E-state index is -0.359. The van der Waals surface area contributed by atoms with Gasteiger partial charge in [0.15, 0.2) is 0 Å². The number of pyridine rings is 1. The molecule has 2 heterocycles. The van der Waals surface area contributed by atoms with Gasteiger partial charge in [0.25, 0.3) is 5.91 Å². The van der Waals surface area contributed by atoms with Crippen LogP contribution in [0.25, 0.3) is 10.9 Å². The molecule has 0 saturated carbocycles. The molecule has 0 bridgehead atoms. The van der Waals surface area contributed by atoms with Crippen molar-refractivity contribution in [1.82, 2.24) is 9.88 Å². The van der Waals surface area contributed by atoms with E-state index in [1.165, 1.54) is 24.3 Å². The van der Waals surface area contributed by atoms with Gasteiger partial charge in [-0.25, -0.2) is 9.37 Å². The number of nitriles is 1. The van der Waals surface area contributed by atoms with E-state index >= 15 is 0 Å². The van der Waals surface area contributed by atoms with E-state index in [1.54, 1.807) is 4.90 Å². The highest BCUT2D eigenvalue weighted by molar-refractivity contribution is 5.94. The zero-order valence-corrected chi connectivity index (χ0v) is 14.6. The molecule has 1 aliphatic heterocycles. The summed E-state index contributed by atoms with van der Waals surface area (Å²) in [5.41, 5.74) is 1.86. The Morgan fingerprint density at radius 1 is 1.04 bits per heavy atom. The van der Waals surface area contributed by atoms with Crippen molar-refractivity contribution < 1.29 is 9.18 Å². The number of aromatic nitrogens is 1. The molecule has 1 amide bonds. The number of hydrogen-bond donors (Lipinski definition) is 0. The molecule has 3 aromatic rings. The maximum Gasteiger partial charge on any atom is 0.253 e. The number of para-hydroxylation sites is 1. The summed E-state index contributed by atoms with van der Waals surface area (Å²) in [6, 6.07) is 17.4. The summed E-state index contributed by atoms with van der Waals surface area (Å²) in [5.74, 6) is 0.189. The van der Waals surface area contributed by atoms with Crippen LogP contribution in [0, 0.1) is 17.1 Å². The summed E-state index contributed by atoms with van der Waals surface area (Å²) in [4.78, 5) is 21.0. The normalized spacial score (nSPS) is 14.2. The molecule has 6 heteroatoms. The van der Waals surface area contributed by atoms with E-state index < -0.39 is 0 Å². The van der Waals surface area contributed by atoms with Gasteiger partial charge in [-0.15, -0.1) is 0 Å². The largest absolute Gasteiger partial charge is 0.352 e. The van der Waals surface area contributed by atoms with E-state index in [4.69, 9.17) is 0 Å². The number of halogens is 1. The molecule has 0 unspecified atom stereocenters. The third kappa shape index (κ3) is 3.32. The van der Waals surface area contributed by atoms with Gasteiger partial charge < -0.3 is 9.80 Å². The first kappa shape index (κ1) is 17.0. The van der Waals surface area contributed by atoms with E-state index in [1.807, 2.05) is 35.2 Å². The molecule has 134 valence electrons. The van der Waals surface area contributed by atoms with Gasteiger partial charge in [0.1, 0.15) is 17.7 Å². The number of hydrogen-bond acceptors (Lipinski definition) is 4. The highest BCUT2D eigenvalue weighted by atomic mass is 19.1. The van der Waals surface area contributed by atoms with Crippen molar-refractivity contribution in [1.29, 1.82) is 5.26 Å². The topological polar surface area (TPSA) is 60.2 Å². The third-order valence-corrected chi connectivity index (χ3v) is 4.78. The van der Waals surface area contributed by atoms with Crippen LogP contribution in [0.15, 0.2) is 54.6 Å². The van der Waals surface area contributed by atoms with E-state index in [-0.39, 0.29) is 11.7 Å². The summed E-state index contributed by atoms with van der Waals surface area (Å²) in [7, 11) is 0. The molecule has 4 rings (SSSR count). The van der Waals surface area contributed by atoms with E-state index in [9.17, 15) is 14.4 Å². The predicted octanol–water partition coefficient (Wildman–Crippen LogP) is 3.21. The Morgan fingerprint density at radius 3 is 2.44 bits per heavy atom. The number of carbonyl (C=O) groups excluding carboxylic acids is 1. The first-order chi connectivity index (χ1) is 13.2. The fourth-order valence-corrected chi connectivity index (χ4v) is 3.33. The van der Waals surface area contributed by atoms with Crippen LogP contribution in [-0.2, 0) is 0 Å². The molecule has 1 aliphatic rings. The Kier molecular flexibility index (Phi) is 4.43. The van der Waals surface area contributed by atoms with Crippen LogP contribution in [0.4, 0.5) is 10.2 Å². The molecule has 5 nitrogen and oxygen atoms in total. The molecule has 1 aromatic heterocycles. The second kappa shape index (κ2) is 7.04. The lowest BCUT2D eigenvalue weighted by Gasteiger charge is -2.35. The molecule has 0 spiro atoms. The number of fused-ring (bicyclic) bond motifs is 1. The van der Waals surface area contributed by atoms with Crippen molar-refractivity contribution in [2.24, 2.45) is 0 Å². The monoisotopic (exact) mass is 360 g/mol. The van der Waals surface area contributed by atoms with Crippen molar-refractivity contribution in [2.45, 2.75) is 0 Å². The highest BCUT2D eigenvalue weighted by Crippen LogP contribution is 2.24. The molecule has 0 radical (unpaired) electrons. The van der Waals surface area contributed by atoms with Crippen molar-refractivity contribution in [3.8, 4) is 6.07 Å². The van der Waals surface area contributed by atoms with Crippen LogP contribution >= 0.6 is 0 Å². The standard InChI is InChI=1S/C21H17FN4O/c22-18-7-5-15(6-8-18)21(27)26-11-9-25(10-12-26)20-17(14-23)13-16-3-1-2-4-19(16)24-20/h1-8,13H,9-12H2. The van der Waals surface area contributed by atoms with Crippen molar-refractivity contribution >= 4 is 22.6 Å². The summed E-state index contributed by atoms with van der Waals surface area (Å²) >= 11 is 0. The molecular weight excluding hydrogens is 343 g/mol. The zero-order valence-electron chi connectivity index (χ0n) is 14.6. The molecule has 1 saturated heterocycles. The summed E-state index contributed by atoms with van der Waals surface area (Å²) in [6.07, 6.45) is 0. The third-order valence-electron chi connectivity index (χ3n) is 4.78. The number of benzene rings is 2. The first-order valence-electron chi connectivity index (χ1n) is 8.75. The molecule has 1 fully saturated rings. The zero-order chi connectivity index (χ0) is 18.8. The Balaban J connectivity index is 1.52. The quantitative estimate of drug-likeness (QED) is 0.704. The number of amides is 1.